The Morgan fingerprint density at radius 2 is 2.00 bits per heavy atom. The van der Waals surface area contributed by atoms with Gasteiger partial charge in [0, 0.05) is 29.6 Å². The third kappa shape index (κ3) is 5.75. The zero-order valence-corrected chi connectivity index (χ0v) is 19.0. The highest BCUT2D eigenvalue weighted by molar-refractivity contribution is 7.17. The van der Waals surface area contributed by atoms with Crippen LogP contribution < -0.4 is 5.32 Å². The summed E-state index contributed by atoms with van der Waals surface area (Å²) in [5.74, 6) is -1.05. The number of fused-ring (bicyclic) bond motifs is 1. The molecule has 1 N–H and O–H groups in total. The molecule has 0 saturated heterocycles. The van der Waals surface area contributed by atoms with Gasteiger partial charge in [-0.05, 0) is 37.5 Å². The second kappa shape index (κ2) is 10.7. The summed E-state index contributed by atoms with van der Waals surface area (Å²) in [6, 6.07) is 5.87. The number of rotatable bonds is 7. The van der Waals surface area contributed by atoms with Gasteiger partial charge in [0.15, 0.2) is 0 Å². The van der Waals surface area contributed by atoms with Crippen molar-refractivity contribution in [3.63, 3.8) is 0 Å². The number of nitro benzene ring substituents is 1. The Morgan fingerprint density at radius 3 is 2.70 bits per heavy atom. The van der Waals surface area contributed by atoms with Gasteiger partial charge in [-0.3, -0.25) is 14.9 Å². The number of anilines is 1. The largest absolute Gasteiger partial charge is 0.462 e. The maximum atomic E-state index is 12.6. The van der Waals surface area contributed by atoms with E-state index in [1.165, 1.54) is 41.7 Å². The number of nitrogens with one attached hydrogen (secondary N) is 1. The molecule has 0 spiro atoms. The first-order valence-corrected chi connectivity index (χ1v) is 11.1. The first kappa shape index (κ1) is 23.9. The summed E-state index contributed by atoms with van der Waals surface area (Å²) in [6.07, 6.45) is 2.68. The van der Waals surface area contributed by atoms with Crippen molar-refractivity contribution < 1.29 is 28.8 Å². The first-order chi connectivity index (χ1) is 15.8. The highest BCUT2D eigenvalue weighted by Crippen LogP contribution is 2.38. The van der Waals surface area contributed by atoms with Crippen LogP contribution in [0.4, 0.5) is 15.5 Å². The van der Waals surface area contributed by atoms with Crippen molar-refractivity contribution in [2.24, 2.45) is 0 Å². The molecule has 0 bridgehead atoms. The minimum absolute atomic E-state index is 0.0840. The Morgan fingerprint density at radius 1 is 1.24 bits per heavy atom. The molecule has 3 rings (SSSR count). The lowest BCUT2D eigenvalue weighted by Gasteiger charge is -2.26. The third-order valence-electron chi connectivity index (χ3n) is 4.81. The number of non-ortho nitro benzene ring substituents is 1. The lowest BCUT2D eigenvalue weighted by atomic mass is 10.0. The van der Waals surface area contributed by atoms with E-state index in [9.17, 15) is 24.5 Å². The number of benzene rings is 1. The van der Waals surface area contributed by atoms with Gasteiger partial charge in [0.25, 0.3) is 5.69 Å². The third-order valence-corrected chi connectivity index (χ3v) is 5.94. The number of hydrogen-bond donors (Lipinski definition) is 1. The number of esters is 1. The molecule has 0 saturated carbocycles. The fraction of sp³-hybridized carbons (Fsp3) is 0.318. The van der Waals surface area contributed by atoms with Gasteiger partial charge < -0.3 is 19.7 Å². The van der Waals surface area contributed by atoms with Crippen LogP contribution in [0, 0.1) is 10.1 Å². The van der Waals surface area contributed by atoms with Crippen LogP contribution in [-0.4, -0.2) is 47.6 Å². The SMILES string of the molecule is CCOC(=O)c1c(NC(=O)/C=C/c2cccc([N+](=O)[O-])c2)sc2c1CCN(C(=O)OCC)C2. The van der Waals surface area contributed by atoms with Crippen molar-refractivity contribution in [3.05, 3.63) is 62.0 Å². The van der Waals surface area contributed by atoms with Gasteiger partial charge in [-0.1, -0.05) is 12.1 Å². The smallest absolute Gasteiger partial charge is 0.410 e. The van der Waals surface area contributed by atoms with Gasteiger partial charge in [0.2, 0.25) is 5.91 Å². The zero-order valence-electron chi connectivity index (χ0n) is 18.2. The van der Waals surface area contributed by atoms with Crippen molar-refractivity contribution in [2.75, 3.05) is 25.1 Å². The van der Waals surface area contributed by atoms with Crippen molar-refractivity contribution in [3.8, 4) is 0 Å². The van der Waals surface area contributed by atoms with Crippen LogP contribution in [0.5, 0.6) is 0 Å². The van der Waals surface area contributed by atoms with Gasteiger partial charge in [0.05, 0.1) is 30.2 Å². The highest BCUT2D eigenvalue weighted by Gasteiger charge is 2.31. The van der Waals surface area contributed by atoms with Crippen LogP contribution in [0.2, 0.25) is 0 Å². The van der Waals surface area contributed by atoms with E-state index in [4.69, 9.17) is 9.47 Å². The molecule has 11 heteroatoms. The first-order valence-electron chi connectivity index (χ1n) is 10.3. The molecule has 0 fully saturated rings. The molecule has 0 aliphatic carbocycles. The fourth-order valence-corrected chi connectivity index (χ4v) is 4.60. The minimum Gasteiger partial charge on any atom is -0.462 e. The molecule has 2 amide bonds. The molecule has 174 valence electrons. The Bertz CT molecular complexity index is 1110. The highest BCUT2D eigenvalue weighted by atomic mass is 32.1. The number of hydrogen-bond acceptors (Lipinski definition) is 8. The molecular weight excluding hydrogens is 450 g/mol. The fourth-order valence-electron chi connectivity index (χ4n) is 3.35. The monoisotopic (exact) mass is 473 g/mol. The predicted octanol–water partition coefficient (Wildman–Crippen LogP) is 4.00. The van der Waals surface area contributed by atoms with Gasteiger partial charge in [-0.15, -0.1) is 11.3 Å². The standard InChI is InChI=1S/C22H23N3O7S/c1-3-31-21(27)19-16-10-11-24(22(28)32-4-2)13-17(16)33-20(19)23-18(26)9-8-14-6-5-7-15(12-14)25(29)30/h5-9,12H,3-4,10-11,13H2,1-2H3,(H,23,26)/b9-8+. The number of ether oxygens (including phenoxy) is 2. The predicted molar refractivity (Wildman–Crippen MR) is 122 cm³/mol. The lowest BCUT2D eigenvalue weighted by Crippen LogP contribution is -2.36. The second-order valence-corrected chi connectivity index (χ2v) is 8.08. The Kier molecular flexibility index (Phi) is 7.78. The summed E-state index contributed by atoms with van der Waals surface area (Å²) in [5, 5.41) is 14.0. The molecule has 1 aliphatic rings. The van der Waals surface area contributed by atoms with Crippen molar-refractivity contribution >= 4 is 46.1 Å². The maximum Gasteiger partial charge on any atom is 0.410 e. The second-order valence-electron chi connectivity index (χ2n) is 6.97. The molecule has 1 aliphatic heterocycles. The average molecular weight is 474 g/mol. The maximum absolute atomic E-state index is 12.6. The van der Waals surface area contributed by atoms with Gasteiger partial charge in [-0.2, -0.15) is 0 Å². The van der Waals surface area contributed by atoms with Gasteiger partial charge >= 0.3 is 12.1 Å². The number of nitrogens with zero attached hydrogens (tertiary/aromatic N) is 2. The molecule has 2 aromatic rings. The quantitative estimate of drug-likeness (QED) is 0.279. The van der Waals surface area contributed by atoms with Crippen LogP contribution in [0.15, 0.2) is 30.3 Å². The molecule has 0 atom stereocenters. The molecule has 10 nitrogen and oxygen atoms in total. The van der Waals surface area contributed by atoms with Crippen LogP contribution in [0.1, 0.15) is 40.2 Å². The van der Waals surface area contributed by atoms with E-state index in [1.54, 1.807) is 24.8 Å². The Hall–Kier alpha value is -3.73. The summed E-state index contributed by atoms with van der Waals surface area (Å²) in [6.45, 7) is 4.52. The topological polar surface area (TPSA) is 128 Å². The van der Waals surface area contributed by atoms with Crippen molar-refractivity contribution in [1.82, 2.24) is 4.90 Å². The molecular formula is C22H23N3O7S. The van der Waals surface area contributed by atoms with E-state index < -0.39 is 22.9 Å². The summed E-state index contributed by atoms with van der Waals surface area (Å²) in [4.78, 5) is 50.0. The van der Waals surface area contributed by atoms with E-state index >= 15 is 0 Å². The molecule has 1 aromatic heterocycles. The van der Waals surface area contributed by atoms with E-state index in [2.05, 4.69) is 5.32 Å². The Labute approximate surface area is 193 Å². The van der Waals surface area contributed by atoms with E-state index in [0.717, 1.165) is 10.4 Å². The van der Waals surface area contributed by atoms with Gasteiger partial charge in [0.1, 0.15) is 5.00 Å². The lowest BCUT2D eigenvalue weighted by molar-refractivity contribution is -0.384. The number of carbonyl (C=O) groups excluding carboxylic acids is 3. The molecule has 1 aromatic carbocycles. The van der Waals surface area contributed by atoms with E-state index in [1.807, 2.05) is 0 Å². The number of amides is 2. The molecule has 0 radical (unpaired) electrons. The number of nitro groups is 1. The minimum atomic E-state index is -0.544. The molecule has 33 heavy (non-hydrogen) atoms. The van der Waals surface area contributed by atoms with E-state index in [0.29, 0.717) is 23.5 Å². The van der Waals surface area contributed by atoms with Crippen molar-refractivity contribution in [1.29, 1.82) is 0 Å². The summed E-state index contributed by atoms with van der Waals surface area (Å²) < 4.78 is 10.2. The number of carbonyl (C=O) groups is 3. The normalized spacial score (nSPS) is 12.8. The van der Waals surface area contributed by atoms with Crippen LogP contribution in [0.25, 0.3) is 6.08 Å². The summed E-state index contributed by atoms with van der Waals surface area (Å²) in [7, 11) is 0. The zero-order chi connectivity index (χ0) is 24.0. The van der Waals surface area contributed by atoms with Crippen LogP contribution in [-0.2, 0) is 27.2 Å². The summed E-state index contributed by atoms with van der Waals surface area (Å²) >= 11 is 1.21. The van der Waals surface area contributed by atoms with Crippen molar-refractivity contribution in [2.45, 2.75) is 26.8 Å². The van der Waals surface area contributed by atoms with Crippen LogP contribution in [0.3, 0.4) is 0 Å². The average Bonchev–Trinajstić information content (AvgIpc) is 3.15. The van der Waals surface area contributed by atoms with E-state index in [-0.39, 0.29) is 31.0 Å². The Balaban J connectivity index is 1.82. The molecule has 0 unspecified atom stereocenters. The van der Waals surface area contributed by atoms with Crippen LogP contribution >= 0.6 is 11.3 Å². The summed E-state index contributed by atoms with van der Waals surface area (Å²) in [5.41, 5.74) is 1.44. The van der Waals surface area contributed by atoms with Gasteiger partial charge in [-0.25, -0.2) is 9.59 Å². The molecule has 2 heterocycles. The number of thiophene rings is 1.